The van der Waals surface area contributed by atoms with Crippen molar-refractivity contribution < 1.29 is 26.7 Å². The first-order valence-electron chi connectivity index (χ1n) is 6.98. The molecule has 0 N–H and O–H groups in total. The summed E-state index contributed by atoms with van der Waals surface area (Å²) < 4.78 is 70.0. The van der Waals surface area contributed by atoms with Crippen LogP contribution in [0.3, 0.4) is 0 Å². The Labute approximate surface area is 141 Å². The highest BCUT2D eigenvalue weighted by molar-refractivity contribution is 6.31. The Morgan fingerprint density at radius 2 is 1.67 bits per heavy atom. The number of hydrogen-bond acceptors (Lipinski definition) is 2. The van der Waals surface area contributed by atoms with Gasteiger partial charge in [-0.3, -0.25) is 0 Å². The molecule has 24 heavy (non-hydrogen) atoms. The van der Waals surface area contributed by atoms with Crippen molar-refractivity contribution in [1.29, 1.82) is 0 Å². The molecule has 1 aromatic heterocycles. The zero-order chi connectivity index (χ0) is 18.7. The average molecular weight is 368 g/mol. The standard InChI is InChI=1S/C14H9ClF5NO.C2H6/c1-6-5-8(15)12(14(18,19)20)21-13(6)22-10-4-3-9(16)11(17)7(10)2;1-2/h3-5H,1-2H3;1-2H3. The number of pyridine rings is 1. The molecule has 8 heteroatoms. The number of rotatable bonds is 2. The van der Waals surface area contributed by atoms with E-state index in [0.29, 0.717) is 0 Å². The Hall–Kier alpha value is -1.89. The minimum atomic E-state index is -4.76. The maximum Gasteiger partial charge on any atom is 0.434 e. The fourth-order valence-corrected chi connectivity index (χ4v) is 2.03. The molecule has 0 saturated heterocycles. The third-order valence-electron chi connectivity index (χ3n) is 2.88. The molecule has 0 aliphatic carbocycles. The zero-order valence-corrected chi connectivity index (χ0v) is 14.1. The van der Waals surface area contributed by atoms with Crippen LogP contribution >= 0.6 is 11.6 Å². The van der Waals surface area contributed by atoms with Gasteiger partial charge in [-0.1, -0.05) is 25.4 Å². The van der Waals surface area contributed by atoms with Crippen LogP contribution in [0.2, 0.25) is 5.02 Å². The summed E-state index contributed by atoms with van der Waals surface area (Å²) in [5.41, 5.74) is -1.26. The van der Waals surface area contributed by atoms with Crippen molar-refractivity contribution in [2.45, 2.75) is 33.9 Å². The first-order chi connectivity index (χ1) is 11.1. The maximum absolute atomic E-state index is 13.5. The van der Waals surface area contributed by atoms with E-state index in [1.165, 1.54) is 13.8 Å². The Morgan fingerprint density at radius 3 is 2.21 bits per heavy atom. The number of nitrogens with zero attached hydrogens (tertiary/aromatic N) is 1. The number of aromatic nitrogens is 1. The van der Waals surface area contributed by atoms with E-state index in [1.807, 2.05) is 13.8 Å². The SMILES string of the molecule is CC.Cc1cc(Cl)c(C(F)(F)F)nc1Oc1ccc(F)c(F)c1C. The Kier molecular flexibility index (Phi) is 6.54. The van der Waals surface area contributed by atoms with E-state index in [9.17, 15) is 22.0 Å². The molecule has 0 aliphatic heterocycles. The number of halogens is 6. The lowest BCUT2D eigenvalue weighted by atomic mass is 10.2. The number of ether oxygens (including phenoxy) is 1. The lowest BCUT2D eigenvalue weighted by Gasteiger charge is -2.14. The van der Waals surface area contributed by atoms with Crippen molar-refractivity contribution in [2.24, 2.45) is 0 Å². The number of benzene rings is 1. The van der Waals surface area contributed by atoms with Crippen LogP contribution in [-0.4, -0.2) is 4.98 Å². The molecule has 1 heterocycles. The summed E-state index contributed by atoms with van der Waals surface area (Å²) in [6, 6.07) is 2.96. The van der Waals surface area contributed by atoms with Crippen molar-refractivity contribution in [3.8, 4) is 11.6 Å². The normalized spacial score (nSPS) is 10.9. The molecule has 0 atom stereocenters. The van der Waals surface area contributed by atoms with E-state index in [2.05, 4.69) is 4.98 Å². The minimum Gasteiger partial charge on any atom is -0.438 e. The molecule has 2 nitrogen and oxygen atoms in total. The molecule has 2 rings (SSSR count). The van der Waals surface area contributed by atoms with Crippen molar-refractivity contribution >= 4 is 11.6 Å². The molecule has 1 aromatic carbocycles. The van der Waals surface area contributed by atoms with E-state index in [0.717, 1.165) is 18.2 Å². The number of aryl methyl sites for hydroxylation is 1. The topological polar surface area (TPSA) is 22.1 Å². The Balaban J connectivity index is 0.00000139. The predicted octanol–water partition coefficient (Wildman–Crippen LogP) is 6.47. The molecule has 132 valence electrons. The smallest absolute Gasteiger partial charge is 0.434 e. The second-order valence-corrected chi connectivity index (χ2v) is 4.93. The quantitative estimate of drug-likeness (QED) is 0.568. The van der Waals surface area contributed by atoms with Crippen molar-refractivity contribution in [2.75, 3.05) is 0 Å². The highest BCUT2D eigenvalue weighted by Crippen LogP contribution is 2.37. The fraction of sp³-hybridized carbons (Fsp3) is 0.312. The van der Waals surface area contributed by atoms with E-state index in [4.69, 9.17) is 16.3 Å². The van der Waals surface area contributed by atoms with Crippen molar-refractivity contribution in [1.82, 2.24) is 4.98 Å². The third kappa shape index (κ3) is 4.35. The summed E-state index contributed by atoms with van der Waals surface area (Å²) in [4.78, 5) is 3.34. The van der Waals surface area contributed by atoms with Gasteiger partial charge in [-0.05, 0) is 32.0 Å². The Morgan fingerprint density at radius 1 is 1.08 bits per heavy atom. The van der Waals surface area contributed by atoms with Gasteiger partial charge in [0.1, 0.15) is 5.75 Å². The van der Waals surface area contributed by atoms with Crippen LogP contribution in [0, 0.1) is 25.5 Å². The summed E-state index contributed by atoms with van der Waals surface area (Å²) in [6.07, 6.45) is -4.76. The van der Waals surface area contributed by atoms with Crippen LogP contribution in [0.1, 0.15) is 30.7 Å². The van der Waals surface area contributed by atoms with Gasteiger partial charge < -0.3 is 4.74 Å². The van der Waals surface area contributed by atoms with Gasteiger partial charge in [-0.25, -0.2) is 13.8 Å². The molecule has 0 amide bonds. The monoisotopic (exact) mass is 367 g/mol. The van der Waals surface area contributed by atoms with Crippen LogP contribution in [0.5, 0.6) is 11.6 Å². The van der Waals surface area contributed by atoms with Gasteiger partial charge in [0.25, 0.3) is 0 Å². The van der Waals surface area contributed by atoms with Gasteiger partial charge in [0.2, 0.25) is 5.88 Å². The summed E-state index contributed by atoms with van der Waals surface area (Å²) in [5, 5.41) is -0.570. The first kappa shape index (κ1) is 20.2. The molecule has 0 unspecified atom stereocenters. The van der Waals surface area contributed by atoms with Crippen LogP contribution in [0.15, 0.2) is 18.2 Å². The van der Waals surface area contributed by atoms with Crippen LogP contribution in [0.4, 0.5) is 22.0 Å². The lowest BCUT2D eigenvalue weighted by Crippen LogP contribution is -2.10. The highest BCUT2D eigenvalue weighted by atomic mass is 35.5. The van der Waals surface area contributed by atoms with E-state index in [1.54, 1.807) is 0 Å². The van der Waals surface area contributed by atoms with Crippen LogP contribution in [0.25, 0.3) is 0 Å². The van der Waals surface area contributed by atoms with Crippen LogP contribution in [-0.2, 0) is 6.18 Å². The van der Waals surface area contributed by atoms with E-state index < -0.39 is 28.5 Å². The molecule has 0 saturated carbocycles. The van der Waals surface area contributed by atoms with Crippen molar-refractivity contribution in [3.63, 3.8) is 0 Å². The number of alkyl halides is 3. The highest BCUT2D eigenvalue weighted by Gasteiger charge is 2.36. The van der Waals surface area contributed by atoms with Gasteiger partial charge in [0.05, 0.1) is 5.02 Å². The lowest BCUT2D eigenvalue weighted by molar-refractivity contribution is -0.141. The third-order valence-corrected chi connectivity index (χ3v) is 3.17. The molecular formula is C16H15ClF5NO. The van der Waals surface area contributed by atoms with Gasteiger partial charge in [-0.2, -0.15) is 13.2 Å². The summed E-state index contributed by atoms with van der Waals surface area (Å²) in [6.45, 7) is 6.67. The van der Waals surface area contributed by atoms with Gasteiger partial charge in [0, 0.05) is 11.1 Å². The molecule has 0 radical (unpaired) electrons. The largest absolute Gasteiger partial charge is 0.438 e. The molecule has 0 bridgehead atoms. The Bertz CT molecular complexity index is 731. The predicted molar refractivity (Wildman–Crippen MR) is 81.5 cm³/mol. The molecule has 0 spiro atoms. The molecule has 0 fully saturated rings. The second-order valence-electron chi connectivity index (χ2n) is 4.53. The summed E-state index contributed by atoms with van der Waals surface area (Å²) >= 11 is 5.52. The molecule has 0 aliphatic rings. The fourth-order valence-electron chi connectivity index (χ4n) is 1.71. The molecular weight excluding hydrogens is 353 g/mol. The first-order valence-corrected chi connectivity index (χ1v) is 7.36. The maximum atomic E-state index is 13.5. The summed E-state index contributed by atoms with van der Waals surface area (Å²) in [7, 11) is 0. The van der Waals surface area contributed by atoms with Gasteiger partial charge >= 0.3 is 6.18 Å². The number of hydrogen-bond donors (Lipinski definition) is 0. The van der Waals surface area contributed by atoms with Crippen LogP contribution < -0.4 is 4.74 Å². The summed E-state index contributed by atoms with van der Waals surface area (Å²) in [5.74, 6) is -2.74. The second kappa shape index (κ2) is 7.79. The van der Waals surface area contributed by atoms with Gasteiger partial charge in [0.15, 0.2) is 17.3 Å². The average Bonchev–Trinajstić information content (AvgIpc) is 2.51. The van der Waals surface area contributed by atoms with Crippen molar-refractivity contribution in [3.05, 3.63) is 51.7 Å². The van der Waals surface area contributed by atoms with Gasteiger partial charge in [-0.15, -0.1) is 0 Å². The molecule has 2 aromatic rings. The van der Waals surface area contributed by atoms with E-state index in [-0.39, 0.29) is 22.8 Å². The minimum absolute atomic E-state index is 0.134. The zero-order valence-electron chi connectivity index (χ0n) is 13.4. The van der Waals surface area contributed by atoms with E-state index >= 15 is 0 Å².